The highest BCUT2D eigenvalue weighted by molar-refractivity contribution is 7.99. The van der Waals surface area contributed by atoms with Crippen molar-refractivity contribution in [3.8, 4) is 22.8 Å². The van der Waals surface area contributed by atoms with Crippen molar-refractivity contribution in [1.82, 2.24) is 10.1 Å². The van der Waals surface area contributed by atoms with Crippen LogP contribution in [0.4, 0.5) is 5.69 Å². The molecule has 0 N–H and O–H groups in total. The van der Waals surface area contributed by atoms with Gasteiger partial charge in [0.15, 0.2) is 0 Å². The van der Waals surface area contributed by atoms with Gasteiger partial charge in [-0.3, -0.25) is 4.79 Å². The van der Waals surface area contributed by atoms with E-state index in [1.54, 1.807) is 30.0 Å². The summed E-state index contributed by atoms with van der Waals surface area (Å²) in [4.78, 5) is 21.7. The van der Waals surface area contributed by atoms with Gasteiger partial charge in [0.2, 0.25) is 5.82 Å². The highest BCUT2D eigenvalue weighted by Crippen LogP contribution is 2.46. The molecule has 0 atom stereocenters. The average Bonchev–Trinajstić information content (AvgIpc) is 3.53. The normalized spacial score (nSPS) is 15.3. The van der Waals surface area contributed by atoms with Gasteiger partial charge in [0.05, 0.1) is 21.3 Å². The Bertz CT molecular complexity index is 1380. The van der Waals surface area contributed by atoms with Crippen LogP contribution >= 0.6 is 35.0 Å². The molecule has 2 heterocycles. The molecule has 0 radical (unpaired) electrons. The Morgan fingerprint density at radius 1 is 0.938 bits per heavy atom. The number of hydrogen-bond acceptors (Lipinski definition) is 5. The number of carbonyl (C=O) groups is 1. The lowest BCUT2D eigenvalue weighted by molar-refractivity contribution is 0.0982. The molecule has 1 fully saturated rings. The minimum Gasteiger partial charge on any atom is -0.334 e. The molecule has 1 amide bonds. The maximum Gasteiger partial charge on any atom is 0.259 e. The van der Waals surface area contributed by atoms with Crippen molar-refractivity contribution in [3.05, 3.63) is 76.3 Å². The Balaban J connectivity index is 1.41. The molecule has 0 spiro atoms. The summed E-state index contributed by atoms with van der Waals surface area (Å²) >= 11 is 13.7. The zero-order chi connectivity index (χ0) is 21.8. The van der Waals surface area contributed by atoms with Crippen LogP contribution < -0.4 is 4.90 Å². The van der Waals surface area contributed by atoms with Gasteiger partial charge in [0.1, 0.15) is 0 Å². The van der Waals surface area contributed by atoms with E-state index in [2.05, 4.69) is 10.1 Å². The summed E-state index contributed by atoms with van der Waals surface area (Å²) in [6.45, 7) is 0. The molecule has 32 heavy (non-hydrogen) atoms. The largest absolute Gasteiger partial charge is 0.334 e. The second kappa shape index (κ2) is 7.66. The smallest absolute Gasteiger partial charge is 0.259 e. The van der Waals surface area contributed by atoms with Crippen molar-refractivity contribution in [2.75, 3.05) is 4.90 Å². The van der Waals surface area contributed by atoms with E-state index in [9.17, 15) is 4.79 Å². The molecule has 4 aromatic rings. The highest BCUT2D eigenvalue weighted by Gasteiger charge is 2.38. The number of halogens is 2. The highest BCUT2D eigenvalue weighted by atomic mass is 35.5. The van der Waals surface area contributed by atoms with E-state index in [0.717, 1.165) is 39.4 Å². The third-order valence-electron chi connectivity index (χ3n) is 5.54. The number of nitrogens with zero attached hydrogens (tertiary/aromatic N) is 3. The minimum absolute atomic E-state index is 0.0589. The van der Waals surface area contributed by atoms with Crippen LogP contribution in [-0.2, 0) is 0 Å². The van der Waals surface area contributed by atoms with E-state index in [1.807, 2.05) is 47.4 Å². The summed E-state index contributed by atoms with van der Waals surface area (Å²) in [6.07, 6.45) is 2.05. The number of aromatic nitrogens is 2. The zero-order valence-electron chi connectivity index (χ0n) is 16.6. The molecular formula is C24H15Cl2N3O2S. The van der Waals surface area contributed by atoms with E-state index in [0.29, 0.717) is 27.3 Å². The fourth-order valence-corrected chi connectivity index (χ4v) is 5.21. The van der Waals surface area contributed by atoms with Crippen molar-refractivity contribution in [2.45, 2.75) is 28.7 Å². The van der Waals surface area contributed by atoms with Gasteiger partial charge in [0.25, 0.3) is 11.8 Å². The minimum atomic E-state index is 0.0589. The van der Waals surface area contributed by atoms with Crippen LogP contribution in [0, 0.1) is 0 Å². The lowest BCUT2D eigenvalue weighted by Crippen LogP contribution is -2.32. The Morgan fingerprint density at radius 2 is 1.75 bits per heavy atom. The van der Waals surface area contributed by atoms with Gasteiger partial charge in [-0.05, 0) is 61.4 Å². The van der Waals surface area contributed by atoms with Gasteiger partial charge in [-0.15, -0.1) is 0 Å². The molecular weight excluding hydrogens is 465 g/mol. The second-order valence-electron chi connectivity index (χ2n) is 7.74. The van der Waals surface area contributed by atoms with Crippen molar-refractivity contribution in [2.24, 2.45) is 0 Å². The van der Waals surface area contributed by atoms with Crippen LogP contribution in [-0.4, -0.2) is 22.1 Å². The first kappa shape index (κ1) is 19.9. The van der Waals surface area contributed by atoms with Gasteiger partial charge >= 0.3 is 0 Å². The lowest BCUT2D eigenvalue weighted by Gasteiger charge is -2.22. The Labute approximate surface area is 198 Å². The van der Waals surface area contributed by atoms with Crippen LogP contribution in [0.1, 0.15) is 23.2 Å². The van der Waals surface area contributed by atoms with Crippen molar-refractivity contribution < 1.29 is 9.32 Å². The van der Waals surface area contributed by atoms with Crippen LogP contribution in [0.5, 0.6) is 0 Å². The fourth-order valence-electron chi connectivity index (χ4n) is 3.81. The Morgan fingerprint density at radius 3 is 2.56 bits per heavy atom. The third-order valence-corrected chi connectivity index (χ3v) is 7.40. The zero-order valence-corrected chi connectivity index (χ0v) is 18.9. The molecule has 1 aliphatic heterocycles. The number of benzene rings is 3. The standard InChI is InChI=1S/C24H15Cl2N3O2S/c25-17-9-5-14(11-18(17)26)23-27-22(28-31-23)13-6-10-19-21(12-13)32-20-4-2-1-3-16(20)24(30)29(19)15-7-8-15/h1-6,9-12,15H,7-8H2. The summed E-state index contributed by atoms with van der Waals surface area (Å²) in [5.74, 6) is 0.890. The topological polar surface area (TPSA) is 59.2 Å². The van der Waals surface area contributed by atoms with E-state index < -0.39 is 0 Å². The van der Waals surface area contributed by atoms with Crippen LogP contribution in [0.3, 0.4) is 0 Å². The van der Waals surface area contributed by atoms with Gasteiger partial charge in [-0.1, -0.05) is 52.3 Å². The van der Waals surface area contributed by atoms with Crippen molar-refractivity contribution >= 4 is 46.6 Å². The monoisotopic (exact) mass is 479 g/mol. The molecule has 6 rings (SSSR count). The molecule has 5 nitrogen and oxygen atoms in total. The predicted molar refractivity (Wildman–Crippen MR) is 126 cm³/mol. The summed E-state index contributed by atoms with van der Waals surface area (Å²) in [7, 11) is 0. The Kier molecular flexibility index (Phi) is 4.75. The first-order valence-electron chi connectivity index (χ1n) is 10.1. The summed E-state index contributed by atoms with van der Waals surface area (Å²) < 4.78 is 5.48. The van der Waals surface area contributed by atoms with Crippen LogP contribution in [0.25, 0.3) is 22.8 Å². The van der Waals surface area contributed by atoms with E-state index in [4.69, 9.17) is 27.7 Å². The molecule has 8 heteroatoms. The number of hydrogen-bond donors (Lipinski definition) is 0. The maximum absolute atomic E-state index is 13.3. The first-order valence-corrected chi connectivity index (χ1v) is 11.7. The Hall–Kier alpha value is -2.80. The van der Waals surface area contributed by atoms with Crippen molar-refractivity contribution in [3.63, 3.8) is 0 Å². The molecule has 1 saturated carbocycles. The van der Waals surface area contributed by atoms with Gasteiger partial charge in [-0.25, -0.2) is 0 Å². The molecule has 2 aliphatic rings. The molecule has 1 aliphatic carbocycles. The quantitative estimate of drug-likeness (QED) is 0.317. The number of amides is 1. The van der Waals surface area contributed by atoms with E-state index >= 15 is 0 Å². The van der Waals surface area contributed by atoms with E-state index in [-0.39, 0.29) is 11.9 Å². The molecule has 3 aromatic carbocycles. The van der Waals surface area contributed by atoms with Gasteiger partial charge in [-0.2, -0.15) is 4.98 Å². The molecule has 0 saturated heterocycles. The van der Waals surface area contributed by atoms with Crippen LogP contribution in [0.15, 0.2) is 75.0 Å². The van der Waals surface area contributed by atoms with E-state index in [1.165, 1.54) is 0 Å². The summed E-state index contributed by atoms with van der Waals surface area (Å²) in [6, 6.07) is 19.1. The predicted octanol–water partition coefficient (Wildman–Crippen LogP) is 6.98. The molecule has 0 unspecified atom stereocenters. The fraction of sp³-hybridized carbons (Fsp3) is 0.125. The van der Waals surface area contributed by atoms with Crippen molar-refractivity contribution in [1.29, 1.82) is 0 Å². The molecule has 158 valence electrons. The molecule has 0 bridgehead atoms. The van der Waals surface area contributed by atoms with Gasteiger partial charge in [0, 0.05) is 27.0 Å². The molecule has 1 aromatic heterocycles. The van der Waals surface area contributed by atoms with Gasteiger partial charge < -0.3 is 9.42 Å². The number of carbonyl (C=O) groups excluding carboxylic acids is 1. The number of fused-ring (bicyclic) bond motifs is 2. The van der Waals surface area contributed by atoms with Crippen LogP contribution in [0.2, 0.25) is 10.0 Å². The third kappa shape index (κ3) is 3.39. The second-order valence-corrected chi connectivity index (χ2v) is 9.64. The first-order chi connectivity index (χ1) is 15.6. The average molecular weight is 480 g/mol. The summed E-state index contributed by atoms with van der Waals surface area (Å²) in [5.41, 5.74) is 3.18. The summed E-state index contributed by atoms with van der Waals surface area (Å²) in [5, 5.41) is 5.05. The number of anilines is 1. The maximum atomic E-state index is 13.3. The lowest BCUT2D eigenvalue weighted by atomic mass is 10.1. The SMILES string of the molecule is O=C1c2ccccc2Sc2cc(-c3noc(-c4ccc(Cl)c(Cl)c4)n3)ccc2N1C1CC1. The number of rotatable bonds is 3.